The van der Waals surface area contributed by atoms with Crippen LogP contribution >= 0.6 is 11.6 Å². The van der Waals surface area contributed by atoms with E-state index in [9.17, 15) is 23.1 Å². The van der Waals surface area contributed by atoms with E-state index in [2.05, 4.69) is 15.3 Å². The highest BCUT2D eigenvalue weighted by Gasteiger charge is 2.42. The molecule has 172 valence electrons. The zero-order chi connectivity index (χ0) is 23.1. The van der Waals surface area contributed by atoms with Crippen molar-refractivity contribution in [3.63, 3.8) is 0 Å². The Labute approximate surface area is 188 Å². The molecule has 2 aliphatic rings. The fourth-order valence-electron chi connectivity index (χ4n) is 3.35. The number of hydrogen-bond donors (Lipinski definition) is 2. The molecule has 2 saturated carbocycles. The second-order valence-corrected chi connectivity index (χ2v) is 9.08. The van der Waals surface area contributed by atoms with Gasteiger partial charge in [-0.05, 0) is 56.6 Å². The number of hydrogen-bond acceptors (Lipinski definition) is 5. The van der Waals surface area contributed by atoms with Crippen molar-refractivity contribution >= 4 is 17.5 Å². The Hall–Kier alpha value is -2.39. The normalized spacial score (nSPS) is 18.2. The van der Waals surface area contributed by atoms with Crippen LogP contribution in [0.25, 0.3) is 11.3 Å². The van der Waals surface area contributed by atoms with Crippen LogP contribution in [-0.4, -0.2) is 39.7 Å². The standard InChI is InChI=1S/C22H23ClF3N3O3/c1-21(31,14-6-7-14)11-27-19(30)17-18(22(24,25)26)29-20(32-10-12-2-3-12)16(28-17)13-4-8-15(23)9-5-13/h4-5,8-9,12,14,31H,2-3,6-7,10-11H2,1H3,(H,27,30)/t21-/m1/s1. The minimum atomic E-state index is -4.92. The quantitative estimate of drug-likeness (QED) is 0.595. The van der Waals surface area contributed by atoms with Gasteiger partial charge >= 0.3 is 6.18 Å². The van der Waals surface area contributed by atoms with Crippen molar-refractivity contribution in [3.05, 3.63) is 40.7 Å². The predicted molar refractivity (Wildman–Crippen MR) is 111 cm³/mol. The van der Waals surface area contributed by atoms with E-state index in [1.165, 1.54) is 0 Å². The molecule has 0 saturated heterocycles. The number of carbonyl (C=O) groups excluding carboxylic acids is 1. The van der Waals surface area contributed by atoms with E-state index >= 15 is 0 Å². The van der Waals surface area contributed by atoms with Crippen LogP contribution in [0.4, 0.5) is 13.2 Å². The average Bonchev–Trinajstić information content (AvgIpc) is 3.63. The lowest BCUT2D eigenvalue weighted by atomic mass is 10.0. The number of aromatic nitrogens is 2. The minimum absolute atomic E-state index is 0.0128. The van der Waals surface area contributed by atoms with Crippen LogP contribution in [0.15, 0.2) is 24.3 Å². The number of rotatable bonds is 8. The second kappa shape index (κ2) is 8.51. The molecule has 1 heterocycles. The van der Waals surface area contributed by atoms with Crippen LogP contribution in [0.2, 0.25) is 5.02 Å². The maximum Gasteiger partial charge on any atom is 0.435 e. The smallest absolute Gasteiger partial charge is 0.435 e. The van der Waals surface area contributed by atoms with Crippen molar-refractivity contribution in [3.8, 4) is 17.1 Å². The van der Waals surface area contributed by atoms with Gasteiger partial charge in [-0.25, -0.2) is 9.97 Å². The molecule has 0 radical (unpaired) electrons. The fraction of sp³-hybridized carbons (Fsp3) is 0.500. The van der Waals surface area contributed by atoms with E-state index in [0.29, 0.717) is 10.6 Å². The van der Waals surface area contributed by atoms with E-state index in [4.69, 9.17) is 16.3 Å². The summed E-state index contributed by atoms with van der Waals surface area (Å²) in [7, 11) is 0. The summed E-state index contributed by atoms with van der Waals surface area (Å²) in [5, 5.41) is 13.2. The first kappa shape index (κ1) is 22.8. The summed E-state index contributed by atoms with van der Waals surface area (Å²) in [6.45, 7) is 1.59. The summed E-state index contributed by atoms with van der Waals surface area (Å²) in [6, 6.07) is 6.27. The highest BCUT2D eigenvalue weighted by molar-refractivity contribution is 6.30. The van der Waals surface area contributed by atoms with Crippen molar-refractivity contribution in [2.24, 2.45) is 11.8 Å². The Balaban J connectivity index is 1.71. The third kappa shape index (κ3) is 5.32. The first-order chi connectivity index (χ1) is 15.0. The molecule has 2 aliphatic carbocycles. The number of carbonyl (C=O) groups is 1. The number of alkyl halides is 3. The number of nitrogens with one attached hydrogen (secondary N) is 1. The van der Waals surface area contributed by atoms with E-state index in [-0.39, 0.29) is 36.6 Å². The summed E-state index contributed by atoms with van der Waals surface area (Å²) >= 11 is 5.93. The highest BCUT2D eigenvalue weighted by atomic mass is 35.5. The van der Waals surface area contributed by atoms with Crippen molar-refractivity contribution in [2.75, 3.05) is 13.2 Å². The number of benzene rings is 1. The van der Waals surface area contributed by atoms with Crippen LogP contribution < -0.4 is 10.1 Å². The summed E-state index contributed by atoms with van der Waals surface area (Å²) in [5.41, 5.74) is -3.05. The lowest BCUT2D eigenvalue weighted by Gasteiger charge is -2.23. The Bertz CT molecular complexity index is 1000. The Kier molecular flexibility index (Phi) is 6.06. The van der Waals surface area contributed by atoms with Gasteiger partial charge in [-0.3, -0.25) is 4.79 Å². The van der Waals surface area contributed by atoms with E-state index in [0.717, 1.165) is 25.7 Å². The molecular weight excluding hydrogens is 447 g/mol. The van der Waals surface area contributed by atoms with Gasteiger partial charge in [0.05, 0.1) is 12.2 Å². The molecule has 0 unspecified atom stereocenters. The Morgan fingerprint density at radius 3 is 2.41 bits per heavy atom. The molecule has 32 heavy (non-hydrogen) atoms. The number of halogens is 4. The summed E-state index contributed by atoms with van der Waals surface area (Å²) in [6.07, 6.45) is -1.42. The van der Waals surface area contributed by atoms with Gasteiger partial charge in [0.15, 0.2) is 11.4 Å². The zero-order valence-corrected chi connectivity index (χ0v) is 18.1. The molecule has 1 atom stereocenters. The number of ether oxygens (including phenoxy) is 1. The molecule has 0 bridgehead atoms. The second-order valence-electron chi connectivity index (χ2n) is 8.65. The highest BCUT2D eigenvalue weighted by Crippen LogP contribution is 2.40. The fourth-order valence-corrected chi connectivity index (χ4v) is 3.47. The minimum Gasteiger partial charge on any atom is -0.476 e. The largest absolute Gasteiger partial charge is 0.476 e. The average molecular weight is 470 g/mol. The molecule has 0 spiro atoms. The molecule has 10 heteroatoms. The van der Waals surface area contributed by atoms with Crippen molar-refractivity contribution < 1.29 is 27.8 Å². The third-order valence-electron chi connectivity index (χ3n) is 5.68. The number of nitrogens with zero attached hydrogens (tertiary/aromatic N) is 2. The van der Waals surface area contributed by atoms with Gasteiger partial charge in [0.1, 0.15) is 5.69 Å². The maximum absolute atomic E-state index is 13.8. The van der Waals surface area contributed by atoms with Crippen LogP contribution in [0.1, 0.15) is 48.8 Å². The van der Waals surface area contributed by atoms with Crippen molar-refractivity contribution in [2.45, 2.75) is 44.4 Å². The first-order valence-corrected chi connectivity index (χ1v) is 10.8. The first-order valence-electron chi connectivity index (χ1n) is 10.4. The van der Waals surface area contributed by atoms with Crippen LogP contribution in [0.5, 0.6) is 5.88 Å². The van der Waals surface area contributed by atoms with E-state index in [1.54, 1.807) is 31.2 Å². The monoisotopic (exact) mass is 469 g/mol. The molecule has 1 aromatic heterocycles. The number of amides is 1. The summed E-state index contributed by atoms with van der Waals surface area (Å²) in [5.74, 6) is -1.06. The van der Waals surface area contributed by atoms with Gasteiger partial charge < -0.3 is 15.2 Å². The Morgan fingerprint density at radius 2 is 1.84 bits per heavy atom. The molecule has 2 aromatic rings. The van der Waals surface area contributed by atoms with Gasteiger partial charge in [-0.2, -0.15) is 13.2 Å². The van der Waals surface area contributed by atoms with Gasteiger partial charge in [0, 0.05) is 17.1 Å². The van der Waals surface area contributed by atoms with Crippen LogP contribution in [-0.2, 0) is 6.18 Å². The van der Waals surface area contributed by atoms with Crippen molar-refractivity contribution in [1.29, 1.82) is 0 Å². The number of aliphatic hydroxyl groups is 1. The zero-order valence-electron chi connectivity index (χ0n) is 17.4. The molecule has 1 amide bonds. The summed E-state index contributed by atoms with van der Waals surface area (Å²) in [4.78, 5) is 20.5. The molecule has 2 N–H and O–H groups in total. The third-order valence-corrected chi connectivity index (χ3v) is 5.93. The van der Waals surface area contributed by atoms with Gasteiger partial charge in [0.25, 0.3) is 5.91 Å². The molecule has 2 fully saturated rings. The Morgan fingerprint density at radius 1 is 1.19 bits per heavy atom. The van der Waals surface area contributed by atoms with E-state index in [1.807, 2.05) is 0 Å². The summed E-state index contributed by atoms with van der Waals surface area (Å²) < 4.78 is 47.0. The topological polar surface area (TPSA) is 84.3 Å². The van der Waals surface area contributed by atoms with Crippen LogP contribution in [0, 0.1) is 11.8 Å². The van der Waals surface area contributed by atoms with Gasteiger partial charge in [0.2, 0.25) is 5.88 Å². The molecule has 1 aromatic carbocycles. The lowest BCUT2D eigenvalue weighted by molar-refractivity contribution is -0.142. The predicted octanol–water partition coefficient (Wildman–Crippen LogP) is 4.50. The molecule has 0 aliphatic heterocycles. The molecule has 6 nitrogen and oxygen atoms in total. The molecule has 4 rings (SSSR count). The van der Waals surface area contributed by atoms with E-state index < -0.39 is 29.1 Å². The van der Waals surface area contributed by atoms with Gasteiger partial charge in [-0.15, -0.1) is 0 Å². The van der Waals surface area contributed by atoms with Gasteiger partial charge in [-0.1, -0.05) is 23.7 Å². The SMILES string of the molecule is C[C@@](O)(CNC(=O)c1nc(-c2ccc(Cl)cc2)c(OCC2CC2)nc1C(F)(F)F)C1CC1. The maximum atomic E-state index is 13.8. The van der Waals surface area contributed by atoms with Crippen LogP contribution in [0.3, 0.4) is 0 Å². The van der Waals surface area contributed by atoms with Crippen molar-refractivity contribution in [1.82, 2.24) is 15.3 Å². The molecular formula is C22H23ClF3N3O3. The lowest BCUT2D eigenvalue weighted by Crippen LogP contribution is -2.43.